The molecular weight excluding hydrogens is 458 g/mol. The van der Waals surface area contributed by atoms with Crippen molar-refractivity contribution in [2.75, 3.05) is 58.4 Å². The minimum Gasteiger partial charge on any atom is -0.493 e. The number of methoxy groups -OCH3 is 2. The maximum Gasteiger partial charge on any atom is 0.242 e. The van der Waals surface area contributed by atoms with Crippen molar-refractivity contribution >= 4 is 17.6 Å². The van der Waals surface area contributed by atoms with E-state index in [4.69, 9.17) is 9.47 Å². The van der Waals surface area contributed by atoms with Crippen LogP contribution in [0.1, 0.15) is 40.0 Å². The lowest BCUT2D eigenvalue weighted by atomic mass is 10.1. The molecule has 0 N–H and O–H groups in total. The number of benzene rings is 1. The SMILES string of the molecule is CCCN(CC(=O)N1CCCN(c2ccc(-c3ccc(OC)c(OC)c3)nn2)CC1)C(=O)CC(C)C. The van der Waals surface area contributed by atoms with Gasteiger partial charge in [-0.25, -0.2) is 0 Å². The smallest absolute Gasteiger partial charge is 0.242 e. The molecule has 2 amide bonds. The molecule has 3 rings (SSSR count). The fourth-order valence-electron chi connectivity index (χ4n) is 4.34. The van der Waals surface area contributed by atoms with Gasteiger partial charge in [0.1, 0.15) is 0 Å². The maximum atomic E-state index is 13.0. The quantitative estimate of drug-likeness (QED) is 0.497. The lowest BCUT2D eigenvalue weighted by Crippen LogP contribution is -2.44. The summed E-state index contributed by atoms with van der Waals surface area (Å²) >= 11 is 0. The molecule has 1 aliphatic rings. The molecule has 0 aliphatic carbocycles. The Balaban J connectivity index is 1.61. The standard InChI is InChI=1S/C27H39N5O4/c1-6-12-32(26(33)17-20(2)3)19-27(34)31-14-7-13-30(15-16-31)25-11-9-22(28-29-25)21-8-10-23(35-4)24(18-21)36-5/h8-11,18,20H,6-7,12-17,19H2,1-5H3. The van der Waals surface area contributed by atoms with Crippen LogP contribution in [0, 0.1) is 5.92 Å². The largest absolute Gasteiger partial charge is 0.493 e. The Morgan fingerprint density at radius 1 is 1.00 bits per heavy atom. The summed E-state index contributed by atoms with van der Waals surface area (Å²) in [5.74, 6) is 2.43. The summed E-state index contributed by atoms with van der Waals surface area (Å²) in [5.41, 5.74) is 1.64. The number of rotatable bonds is 10. The van der Waals surface area contributed by atoms with Gasteiger partial charge in [-0.15, -0.1) is 10.2 Å². The van der Waals surface area contributed by atoms with E-state index in [2.05, 4.69) is 15.1 Å². The summed E-state index contributed by atoms with van der Waals surface area (Å²) in [5, 5.41) is 8.89. The summed E-state index contributed by atoms with van der Waals surface area (Å²) in [4.78, 5) is 31.4. The molecule has 2 aromatic rings. The van der Waals surface area contributed by atoms with Crippen LogP contribution in [-0.2, 0) is 9.59 Å². The van der Waals surface area contributed by atoms with E-state index >= 15 is 0 Å². The Morgan fingerprint density at radius 2 is 1.78 bits per heavy atom. The van der Waals surface area contributed by atoms with Gasteiger partial charge in [-0.05, 0) is 49.1 Å². The van der Waals surface area contributed by atoms with Gasteiger partial charge < -0.3 is 24.2 Å². The van der Waals surface area contributed by atoms with E-state index in [1.807, 2.05) is 56.0 Å². The lowest BCUT2D eigenvalue weighted by molar-refractivity contribution is -0.140. The van der Waals surface area contributed by atoms with Gasteiger partial charge in [-0.3, -0.25) is 9.59 Å². The molecule has 36 heavy (non-hydrogen) atoms. The number of hydrogen-bond acceptors (Lipinski definition) is 7. The highest BCUT2D eigenvalue weighted by Gasteiger charge is 2.24. The van der Waals surface area contributed by atoms with Crippen LogP contribution in [-0.4, -0.2) is 85.3 Å². The normalized spacial score (nSPS) is 13.9. The van der Waals surface area contributed by atoms with Crippen molar-refractivity contribution in [2.24, 2.45) is 5.92 Å². The molecule has 1 aliphatic heterocycles. The lowest BCUT2D eigenvalue weighted by Gasteiger charge is -2.27. The fourth-order valence-corrected chi connectivity index (χ4v) is 4.34. The first-order valence-electron chi connectivity index (χ1n) is 12.7. The number of carbonyl (C=O) groups is 2. The molecule has 0 bridgehead atoms. The van der Waals surface area contributed by atoms with E-state index < -0.39 is 0 Å². The van der Waals surface area contributed by atoms with E-state index in [-0.39, 0.29) is 24.3 Å². The van der Waals surface area contributed by atoms with E-state index in [9.17, 15) is 9.59 Å². The number of nitrogens with zero attached hydrogens (tertiary/aromatic N) is 5. The van der Waals surface area contributed by atoms with E-state index in [0.717, 1.165) is 36.5 Å². The summed E-state index contributed by atoms with van der Waals surface area (Å²) in [7, 11) is 3.21. The van der Waals surface area contributed by atoms with Crippen molar-refractivity contribution in [3.8, 4) is 22.8 Å². The third-order valence-corrected chi connectivity index (χ3v) is 6.26. The fraction of sp³-hybridized carbons (Fsp3) is 0.556. The molecule has 0 saturated carbocycles. The number of ether oxygens (including phenoxy) is 2. The van der Waals surface area contributed by atoms with E-state index in [1.165, 1.54) is 0 Å². The minimum atomic E-state index is 0.0114. The molecule has 0 radical (unpaired) electrons. The Hall–Kier alpha value is -3.36. The van der Waals surface area contributed by atoms with E-state index in [1.54, 1.807) is 19.1 Å². The van der Waals surface area contributed by atoms with E-state index in [0.29, 0.717) is 44.1 Å². The van der Waals surface area contributed by atoms with Crippen LogP contribution in [0.15, 0.2) is 30.3 Å². The number of aromatic nitrogens is 2. The van der Waals surface area contributed by atoms with Crippen molar-refractivity contribution in [3.63, 3.8) is 0 Å². The predicted octanol–water partition coefficient (Wildman–Crippen LogP) is 3.48. The predicted molar refractivity (Wildman–Crippen MR) is 140 cm³/mol. The van der Waals surface area contributed by atoms with Crippen molar-refractivity contribution in [2.45, 2.75) is 40.0 Å². The van der Waals surface area contributed by atoms with Crippen molar-refractivity contribution in [1.29, 1.82) is 0 Å². The second-order valence-electron chi connectivity index (χ2n) is 9.48. The average molecular weight is 498 g/mol. The van der Waals surface area contributed by atoms with Gasteiger partial charge in [0.15, 0.2) is 17.3 Å². The number of anilines is 1. The van der Waals surface area contributed by atoms with Gasteiger partial charge >= 0.3 is 0 Å². The highest BCUT2D eigenvalue weighted by molar-refractivity contribution is 5.85. The maximum absolute atomic E-state index is 13.0. The van der Waals surface area contributed by atoms with Crippen LogP contribution >= 0.6 is 0 Å². The number of amides is 2. The third-order valence-electron chi connectivity index (χ3n) is 6.26. The molecule has 0 atom stereocenters. The van der Waals surface area contributed by atoms with Crippen molar-refractivity contribution in [3.05, 3.63) is 30.3 Å². The Bertz CT molecular complexity index is 1010. The molecule has 1 fully saturated rings. The molecule has 1 aromatic heterocycles. The zero-order valence-corrected chi connectivity index (χ0v) is 22.2. The van der Waals surface area contributed by atoms with Gasteiger partial charge in [0.2, 0.25) is 11.8 Å². The first kappa shape index (κ1) is 27.2. The second kappa shape index (κ2) is 13.1. The highest BCUT2D eigenvalue weighted by Crippen LogP contribution is 2.31. The number of hydrogen-bond donors (Lipinski definition) is 0. The van der Waals surface area contributed by atoms with Gasteiger partial charge in [0.25, 0.3) is 0 Å². The second-order valence-corrected chi connectivity index (χ2v) is 9.48. The summed E-state index contributed by atoms with van der Waals surface area (Å²) in [6.45, 7) is 9.57. The Morgan fingerprint density at radius 3 is 2.42 bits per heavy atom. The van der Waals surface area contributed by atoms with Gasteiger partial charge in [0.05, 0.1) is 26.5 Å². The van der Waals surface area contributed by atoms with Crippen LogP contribution in [0.3, 0.4) is 0 Å². The van der Waals surface area contributed by atoms with Crippen LogP contribution in [0.5, 0.6) is 11.5 Å². The van der Waals surface area contributed by atoms with Crippen molar-refractivity contribution in [1.82, 2.24) is 20.0 Å². The average Bonchev–Trinajstić information content (AvgIpc) is 3.14. The molecule has 9 heteroatoms. The van der Waals surface area contributed by atoms with Gasteiger partial charge in [-0.1, -0.05) is 20.8 Å². The molecule has 1 saturated heterocycles. The Kier molecular flexibility index (Phi) is 9.90. The van der Waals surface area contributed by atoms with Gasteiger partial charge in [0, 0.05) is 44.7 Å². The first-order valence-corrected chi connectivity index (χ1v) is 12.7. The Labute approximate surface area is 214 Å². The summed E-state index contributed by atoms with van der Waals surface area (Å²) < 4.78 is 10.7. The highest BCUT2D eigenvalue weighted by atomic mass is 16.5. The molecule has 0 unspecified atom stereocenters. The molecule has 2 heterocycles. The summed E-state index contributed by atoms with van der Waals surface area (Å²) in [6.07, 6.45) is 2.14. The van der Waals surface area contributed by atoms with Crippen molar-refractivity contribution < 1.29 is 19.1 Å². The molecular formula is C27H39N5O4. The van der Waals surface area contributed by atoms with Gasteiger partial charge in [-0.2, -0.15) is 0 Å². The van der Waals surface area contributed by atoms with Crippen LogP contribution in [0.2, 0.25) is 0 Å². The zero-order valence-electron chi connectivity index (χ0n) is 22.2. The first-order chi connectivity index (χ1) is 17.4. The molecule has 1 aromatic carbocycles. The monoisotopic (exact) mass is 497 g/mol. The summed E-state index contributed by atoms with van der Waals surface area (Å²) in [6, 6.07) is 9.56. The molecule has 0 spiro atoms. The van der Waals surface area contributed by atoms with Crippen LogP contribution in [0.4, 0.5) is 5.82 Å². The zero-order chi connectivity index (χ0) is 26.1. The minimum absolute atomic E-state index is 0.0114. The topological polar surface area (TPSA) is 88.1 Å². The molecule has 9 nitrogen and oxygen atoms in total. The van der Waals surface area contributed by atoms with Crippen LogP contribution < -0.4 is 14.4 Å². The van der Waals surface area contributed by atoms with Crippen LogP contribution in [0.25, 0.3) is 11.3 Å². The molecule has 196 valence electrons. The third kappa shape index (κ3) is 7.08. The number of carbonyl (C=O) groups excluding carboxylic acids is 2.